The molecule has 7 N–H and O–H groups in total. The summed E-state index contributed by atoms with van der Waals surface area (Å²) >= 11 is 0. The SMILES string of the molecule is [2H]NC(N)=NC(=N)N. The van der Waals surface area contributed by atoms with Crippen molar-refractivity contribution in [3.05, 3.63) is 0 Å². The lowest BCUT2D eigenvalue weighted by molar-refractivity contribution is 1.35. The summed E-state index contributed by atoms with van der Waals surface area (Å²) in [5.74, 6) is -0.597. The third kappa shape index (κ3) is 4.74. The van der Waals surface area contributed by atoms with Crippen LogP contribution in [0.2, 0.25) is 1.41 Å². The lowest BCUT2D eigenvalue weighted by Crippen LogP contribution is -2.25. The normalized spacial score (nSPS) is 12.6. The zero-order valence-corrected chi connectivity index (χ0v) is 3.60. The predicted molar refractivity (Wildman–Crippen MR) is 27.7 cm³/mol. The zero-order valence-electron chi connectivity index (χ0n) is 4.60. The molecule has 0 aromatic heterocycles. The molecule has 0 unspecified atom stereocenters. The van der Waals surface area contributed by atoms with E-state index >= 15 is 0 Å². The number of rotatable bonds is 0. The molecule has 0 radical (unpaired) electrons. The average molecular weight is 102 g/mol. The number of nitrogens with one attached hydrogen (secondary N) is 1. The first-order valence-corrected chi connectivity index (χ1v) is 1.52. The van der Waals surface area contributed by atoms with Crippen LogP contribution in [-0.2, 0) is 0 Å². The van der Waals surface area contributed by atoms with Gasteiger partial charge in [0.15, 0.2) is 7.37 Å². The Morgan fingerprint density at radius 1 is 1.71 bits per heavy atom. The molecule has 0 aliphatic rings. The third-order valence-electron chi connectivity index (χ3n) is 0.241. The standard InChI is InChI=1S/C2H7N5/c3-1(4)7-2(5)6/h(H7,3,4,5,6,7)/i/hD. The van der Waals surface area contributed by atoms with Gasteiger partial charge in [-0.3, -0.25) is 5.41 Å². The van der Waals surface area contributed by atoms with Crippen LogP contribution in [0.25, 0.3) is 0 Å². The first kappa shape index (κ1) is 3.91. The van der Waals surface area contributed by atoms with E-state index in [1.807, 2.05) is 0 Å². The van der Waals surface area contributed by atoms with E-state index in [0.29, 0.717) is 0 Å². The zero-order chi connectivity index (χ0) is 6.57. The molecule has 0 aromatic carbocycles. The summed E-state index contributed by atoms with van der Waals surface area (Å²) in [5, 5.41) is 6.52. The molecule has 0 aromatic rings. The van der Waals surface area contributed by atoms with Gasteiger partial charge in [-0.05, 0) is 0 Å². The first-order chi connectivity index (χ1) is 3.66. The van der Waals surface area contributed by atoms with Gasteiger partial charge in [-0.2, -0.15) is 4.99 Å². The average Bonchev–Trinajstić information content (AvgIpc) is 1.65. The minimum absolute atomic E-state index is 0.183. The molecule has 0 aliphatic carbocycles. The van der Waals surface area contributed by atoms with Crippen molar-refractivity contribution >= 4 is 11.9 Å². The van der Waals surface area contributed by atoms with Gasteiger partial charge < -0.3 is 17.2 Å². The van der Waals surface area contributed by atoms with Gasteiger partial charge in [0.1, 0.15) is 0 Å². The van der Waals surface area contributed by atoms with Gasteiger partial charge >= 0.3 is 0 Å². The van der Waals surface area contributed by atoms with Crippen molar-refractivity contribution < 1.29 is 1.41 Å². The van der Waals surface area contributed by atoms with Crippen LogP contribution in [0, 0.1) is 5.41 Å². The number of hydrogen-bond acceptors (Lipinski definition) is 1. The highest BCUT2D eigenvalue weighted by Crippen LogP contribution is 1.56. The fourth-order valence-electron chi connectivity index (χ4n) is 0.130. The second-order valence-corrected chi connectivity index (χ2v) is 0.882. The summed E-state index contributed by atoms with van der Waals surface area (Å²) in [7, 11) is 0. The van der Waals surface area contributed by atoms with Crippen LogP contribution in [0.3, 0.4) is 0 Å². The van der Waals surface area contributed by atoms with Crippen molar-refractivity contribution in [2.45, 2.75) is 0 Å². The van der Waals surface area contributed by atoms with Crippen LogP contribution in [-0.4, -0.2) is 11.9 Å². The molecule has 0 spiro atoms. The van der Waals surface area contributed by atoms with E-state index in [1.54, 1.807) is 5.73 Å². The summed E-state index contributed by atoms with van der Waals surface area (Å²) in [6.07, 6.45) is 0. The van der Waals surface area contributed by atoms with Crippen molar-refractivity contribution in [3.63, 3.8) is 0 Å². The second-order valence-electron chi connectivity index (χ2n) is 0.882. The van der Waals surface area contributed by atoms with Gasteiger partial charge in [-0.15, -0.1) is 0 Å². The van der Waals surface area contributed by atoms with Crippen LogP contribution in [0.15, 0.2) is 4.99 Å². The molecule has 7 heavy (non-hydrogen) atoms. The Morgan fingerprint density at radius 2 is 2.29 bits per heavy atom. The van der Waals surface area contributed by atoms with Crippen LogP contribution in [0.5, 0.6) is 0 Å². The Hall–Kier alpha value is -1.26. The van der Waals surface area contributed by atoms with E-state index in [-0.39, 0.29) is 5.96 Å². The van der Waals surface area contributed by atoms with Crippen LogP contribution < -0.4 is 17.2 Å². The Morgan fingerprint density at radius 3 is 2.43 bits per heavy atom. The molecule has 0 rings (SSSR count). The molecule has 0 aliphatic heterocycles. The Balaban J connectivity index is 3.75. The van der Waals surface area contributed by atoms with E-state index in [1.165, 1.54) is 0 Å². The van der Waals surface area contributed by atoms with Gasteiger partial charge in [0.25, 0.3) is 0 Å². The van der Waals surface area contributed by atoms with Crippen molar-refractivity contribution in [2.75, 3.05) is 0 Å². The minimum Gasteiger partial charge on any atom is -0.370 e. The van der Waals surface area contributed by atoms with E-state index in [2.05, 4.69) is 4.99 Å². The van der Waals surface area contributed by atoms with Crippen molar-refractivity contribution in [1.82, 2.24) is 0 Å². The van der Waals surface area contributed by atoms with Gasteiger partial charge in [-0.1, -0.05) is 0 Å². The number of guanidine groups is 2. The molecule has 0 fully saturated rings. The maximum Gasteiger partial charge on any atom is 0.215 e. The highest BCUT2D eigenvalue weighted by molar-refractivity contribution is 5.90. The summed E-state index contributed by atoms with van der Waals surface area (Å²) in [6, 6.07) is 0. The summed E-state index contributed by atoms with van der Waals surface area (Å²) < 4.78 is 6.34. The second kappa shape index (κ2) is 2.01. The van der Waals surface area contributed by atoms with E-state index in [9.17, 15) is 0 Å². The lowest BCUT2D eigenvalue weighted by Gasteiger charge is -1.84. The Kier molecular flexibility index (Phi) is 1.13. The van der Waals surface area contributed by atoms with Crippen molar-refractivity contribution in [1.29, 1.82) is 5.41 Å². The molecule has 0 atom stereocenters. The van der Waals surface area contributed by atoms with E-state index in [4.69, 9.17) is 18.3 Å². The van der Waals surface area contributed by atoms with Gasteiger partial charge in [-0.25, -0.2) is 0 Å². The molecular formula is C2H7N5. The van der Waals surface area contributed by atoms with Gasteiger partial charge in [0.05, 0.1) is 0 Å². The molecule has 0 amide bonds. The third-order valence-corrected chi connectivity index (χ3v) is 0.241. The minimum atomic E-state index is -0.415. The van der Waals surface area contributed by atoms with Crippen molar-refractivity contribution in [3.8, 4) is 0 Å². The maximum atomic E-state index is 6.52. The van der Waals surface area contributed by atoms with Gasteiger partial charge in [0, 0.05) is 0 Å². The molecule has 0 heterocycles. The number of aliphatic imine (C=N–C) groups is 1. The summed E-state index contributed by atoms with van der Waals surface area (Å²) in [4.78, 5) is 3.15. The van der Waals surface area contributed by atoms with Crippen LogP contribution in [0.1, 0.15) is 0 Å². The topological polar surface area (TPSA) is 114 Å². The quantitative estimate of drug-likeness (QED) is 0.212. The number of nitrogens with zero attached hydrogens (tertiary/aromatic N) is 1. The van der Waals surface area contributed by atoms with E-state index in [0.717, 1.165) is 0 Å². The molecule has 5 heteroatoms. The number of nitrogens with two attached hydrogens (primary N) is 3. The fourth-order valence-corrected chi connectivity index (χ4v) is 0.130. The molecule has 0 saturated carbocycles. The summed E-state index contributed by atoms with van der Waals surface area (Å²) in [5.41, 5.74) is 11.4. The molecular weight excluding hydrogens is 94.1 g/mol. The molecule has 5 nitrogen and oxygen atoms in total. The van der Waals surface area contributed by atoms with Crippen LogP contribution in [0.4, 0.5) is 0 Å². The lowest BCUT2D eigenvalue weighted by atomic mass is 11.0. The van der Waals surface area contributed by atoms with Gasteiger partial charge in [0.2, 0.25) is 5.96 Å². The molecule has 40 valence electrons. The first-order valence-electron chi connectivity index (χ1n) is 2.02. The number of hydrogen-bond donors (Lipinski definition) is 4. The molecule has 0 bridgehead atoms. The van der Waals surface area contributed by atoms with Crippen LogP contribution >= 0.6 is 0 Å². The fraction of sp³-hybridized carbons (Fsp3) is 0. The largest absolute Gasteiger partial charge is 0.370 e. The Labute approximate surface area is 42.2 Å². The highest BCUT2D eigenvalue weighted by atomic mass is 15.1. The van der Waals surface area contributed by atoms with E-state index < -0.39 is 5.96 Å². The monoisotopic (exact) mass is 102 g/mol. The van der Waals surface area contributed by atoms with Crippen molar-refractivity contribution in [2.24, 2.45) is 22.2 Å². The maximum absolute atomic E-state index is 6.52. The predicted octanol–water partition coefficient (Wildman–Crippen LogP) is -1.85. The highest BCUT2D eigenvalue weighted by Gasteiger charge is 1.78. The molecule has 0 saturated heterocycles. The Bertz CT molecular complexity index is 118. The smallest absolute Gasteiger partial charge is 0.215 e. The summed E-state index contributed by atoms with van der Waals surface area (Å²) in [6.45, 7) is 0.